The van der Waals surface area contributed by atoms with E-state index in [-0.39, 0.29) is 0 Å². The summed E-state index contributed by atoms with van der Waals surface area (Å²) >= 11 is 6.41. The minimum Gasteiger partial charge on any atom is -0.382 e. The number of aromatic amines is 1. The molecule has 2 aromatic rings. The van der Waals surface area contributed by atoms with E-state index in [1.165, 1.54) is 5.69 Å². The topological polar surface area (TPSA) is 112 Å². The second-order valence-electron chi connectivity index (χ2n) is 6.05. The molecule has 1 aliphatic heterocycles. The van der Waals surface area contributed by atoms with Gasteiger partial charge in [0.15, 0.2) is 5.84 Å². The van der Waals surface area contributed by atoms with Crippen molar-refractivity contribution in [2.24, 2.45) is 16.7 Å². The molecule has 6 N–H and O–H groups in total. The number of aromatic nitrogens is 2. The first-order valence-corrected chi connectivity index (χ1v) is 8.49. The number of hydrogen-bond acceptors (Lipinski definition) is 6. The number of rotatable bonds is 4. The number of hydrazone groups is 1. The van der Waals surface area contributed by atoms with Crippen molar-refractivity contribution in [3.8, 4) is 0 Å². The van der Waals surface area contributed by atoms with Crippen molar-refractivity contribution in [3.63, 3.8) is 0 Å². The molecule has 25 heavy (non-hydrogen) atoms. The second kappa shape index (κ2) is 7.20. The van der Waals surface area contributed by atoms with Crippen LogP contribution < -0.4 is 26.9 Å². The van der Waals surface area contributed by atoms with Crippen LogP contribution in [0.3, 0.4) is 0 Å². The summed E-state index contributed by atoms with van der Waals surface area (Å²) in [6.07, 6.45) is 0. The van der Waals surface area contributed by atoms with Gasteiger partial charge in [0.2, 0.25) is 0 Å². The summed E-state index contributed by atoms with van der Waals surface area (Å²) in [4.78, 5) is 4.62. The Bertz CT molecular complexity index is 757. The molecule has 134 valence electrons. The molecule has 0 saturated carbocycles. The Balaban J connectivity index is 1.77. The van der Waals surface area contributed by atoms with Crippen molar-refractivity contribution in [3.05, 3.63) is 40.2 Å². The molecule has 2 heterocycles. The Morgan fingerprint density at radius 3 is 2.52 bits per heavy atom. The standard InChI is InChI=1S/C16H23ClN8/c1-10-15(11(2)21-20-10)25-7-5-24(6-8-25)14-9-12(3-4-13(14)17)16(18)22-23-19/h3-4,9,23H,5-8,19H2,1-2H3,(H2,18,22)(H,20,21). The van der Waals surface area contributed by atoms with Gasteiger partial charge < -0.3 is 15.5 Å². The molecule has 0 unspecified atom stereocenters. The van der Waals surface area contributed by atoms with Gasteiger partial charge in [-0.25, -0.2) is 11.4 Å². The molecule has 0 atom stereocenters. The highest BCUT2D eigenvalue weighted by Crippen LogP contribution is 2.30. The van der Waals surface area contributed by atoms with Crippen LogP contribution in [0.1, 0.15) is 17.0 Å². The maximum Gasteiger partial charge on any atom is 0.152 e. The zero-order valence-electron chi connectivity index (χ0n) is 14.4. The summed E-state index contributed by atoms with van der Waals surface area (Å²) in [6.45, 7) is 7.60. The highest BCUT2D eigenvalue weighted by molar-refractivity contribution is 6.33. The van der Waals surface area contributed by atoms with Gasteiger partial charge in [0.05, 0.1) is 27.8 Å². The van der Waals surface area contributed by atoms with Crippen molar-refractivity contribution >= 4 is 28.8 Å². The number of amidine groups is 1. The number of nitrogens with two attached hydrogens (primary N) is 2. The van der Waals surface area contributed by atoms with Crippen molar-refractivity contribution < 1.29 is 0 Å². The Kier molecular flexibility index (Phi) is 5.00. The van der Waals surface area contributed by atoms with Crippen molar-refractivity contribution in [2.75, 3.05) is 36.0 Å². The lowest BCUT2D eigenvalue weighted by molar-refractivity contribution is 0.651. The molecular formula is C16H23ClN8. The second-order valence-corrected chi connectivity index (χ2v) is 6.46. The zero-order chi connectivity index (χ0) is 18.0. The van der Waals surface area contributed by atoms with Crippen molar-refractivity contribution in [1.82, 2.24) is 15.7 Å². The van der Waals surface area contributed by atoms with E-state index >= 15 is 0 Å². The van der Waals surface area contributed by atoms with Crippen LogP contribution in [-0.2, 0) is 0 Å². The van der Waals surface area contributed by atoms with E-state index in [0.717, 1.165) is 48.8 Å². The van der Waals surface area contributed by atoms with E-state index in [1.807, 2.05) is 25.1 Å². The Morgan fingerprint density at radius 1 is 1.24 bits per heavy atom. The highest BCUT2D eigenvalue weighted by atomic mass is 35.5. The molecule has 0 spiro atoms. The molecule has 0 radical (unpaired) electrons. The first kappa shape index (κ1) is 17.4. The summed E-state index contributed by atoms with van der Waals surface area (Å²) in [5.74, 6) is 5.52. The summed E-state index contributed by atoms with van der Waals surface area (Å²) in [6, 6.07) is 5.61. The number of benzene rings is 1. The smallest absolute Gasteiger partial charge is 0.152 e. The summed E-state index contributed by atoms with van der Waals surface area (Å²) < 4.78 is 0. The molecular weight excluding hydrogens is 340 g/mol. The van der Waals surface area contributed by atoms with Gasteiger partial charge in [0.1, 0.15) is 0 Å². The first-order valence-electron chi connectivity index (χ1n) is 8.11. The van der Waals surface area contributed by atoms with E-state index in [4.69, 9.17) is 23.2 Å². The number of halogens is 1. The van der Waals surface area contributed by atoms with Crippen LogP contribution in [0.15, 0.2) is 23.3 Å². The lowest BCUT2D eigenvalue weighted by atomic mass is 10.1. The molecule has 1 aromatic heterocycles. The summed E-state index contributed by atoms with van der Waals surface area (Å²) in [7, 11) is 0. The molecule has 1 aromatic carbocycles. The molecule has 1 saturated heterocycles. The van der Waals surface area contributed by atoms with E-state index in [9.17, 15) is 0 Å². The summed E-state index contributed by atoms with van der Waals surface area (Å²) in [5, 5.41) is 11.8. The molecule has 1 aliphatic rings. The predicted octanol–water partition coefficient (Wildman–Crippen LogP) is 1.09. The quantitative estimate of drug-likeness (QED) is 0.280. The third kappa shape index (κ3) is 3.49. The van der Waals surface area contributed by atoms with Crippen molar-refractivity contribution in [2.45, 2.75) is 13.8 Å². The number of hydrogen-bond donors (Lipinski definition) is 4. The van der Waals surface area contributed by atoms with E-state index < -0.39 is 0 Å². The van der Waals surface area contributed by atoms with E-state index in [2.05, 4.69) is 37.6 Å². The number of aryl methyl sites for hydroxylation is 2. The van der Waals surface area contributed by atoms with Crippen LogP contribution in [0.25, 0.3) is 0 Å². The minimum atomic E-state index is 0.323. The fourth-order valence-electron chi connectivity index (χ4n) is 3.23. The van der Waals surface area contributed by atoms with Crippen LogP contribution in [-0.4, -0.2) is 42.2 Å². The molecule has 8 nitrogen and oxygen atoms in total. The molecule has 9 heteroatoms. The number of anilines is 2. The predicted molar refractivity (Wildman–Crippen MR) is 102 cm³/mol. The van der Waals surface area contributed by atoms with Gasteiger partial charge in [0.25, 0.3) is 0 Å². The SMILES string of the molecule is Cc1n[nH]c(C)c1N1CCN(c2cc(/C(N)=N/NN)ccc2Cl)CC1. The highest BCUT2D eigenvalue weighted by Gasteiger charge is 2.23. The van der Waals surface area contributed by atoms with Gasteiger partial charge in [0, 0.05) is 31.7 Å². The van der Waals surface area contributed by atoms with E-state index in [0.29, 0.717) is 10.9 Å². The average molecular weight is 363 g/mol. The van der Waals surface area contributed by atoms with Crippen molar-refractivity contribution in [1.29, 1.82) is 0 Å². The van der Waals surface area contributed by atoms with Gasteiger partial charge >= 0.3 is 0 Å². The zero-order valence-corrected chi connectivity index (χ0v) is 15.1. The van der Waals surface area contributed by atoms with Crippen LogP contribution in [0, 0.1) is 13.8 Å². The maximum atomic E-state index is 6.41. The summed E-state index contributed by atoms with van der Waals surface area (Å²) in [5.41, 5.74) is 13.2. The minimum absolute atomic E-state index is 0.323. The van der Waals surface area contributed by atoms with Crippen LogP contribution in [0.2, 0.25) is 5.02 Å². The third-order valence-electron chi connectivity index (χ3n) is 4.45. The van der Waals surface area contributed by atoms with Gasteiger partial charge in [-0.15, -0.1) is 5.10 Å². The Hall–Kier alpha value is -2.45. The van der Waals surface area contributed by atoms with E-state index in [1.54, 1.807) is 0 Å². The van der Waals surface area contributed by atoms with Gasteiger partial charge in [-0.2, -0.15) is 5.10 Å². The number of piperazine rings is 1. The number of H-pyrrole nitrogens is 1. The number of nitrogens with zero attached hydrogens (tertiary/aromatic N) is 4. The number of nitrogens with one attached hydrogen (secondary N) is 2. The molecule has 3 rings (SSSR count). The lowest BCUT2D eigenvalue weighted by Gasteiger charge is -2.37. The first-order chi connectivity index (χ1) is 12.0. The van der Waals surface area contributed by atoms with Gasteiger partial charge in [-0.1, -0.05) is 11.6 Å². The molecule has 0 aliphatic carbocycles. The van der Waals surface area contributed by atoms with Crippen LogP contribution >= 0.6 is 11.6 Å². The van der Waals surface area contributed by atoms with Crippen LogP contribution in [0.4, 0.5) is 11.4 Å². The fraction of sp³-hybridized carbons (Fsp3) is 0.375. The van der Waals surface area contributed by atoms with Gasteiger partial charge in [-0.3, -0.25) is 5.10 Å². The fourth-order valence-corrected chi connectivity index (χ4v) is 3.47. The number of hydrazine groups is 1. The molecule has 0 bridgehead atoms. The Labute approximate surface area is 151 Å². The normalized spacial score (nSPS) is 15.6. The average Bonchev–Trinajstić information content (AvgIpc) is 2.94. The Morgan fingerprint density at radius 2 is 1.92 bits per heavy atom. The third-order valence-corrected chi connectivity index (χ3v) is 4.77. The lowest BCUT2D eigenvalue weighted by Crippen LogP contribution is -2.47. The monoisotopic (exact) mass is 362 g/mol. The molecule has 1 fully saturated rings. The van der Waals surface area contributed by atoms with Crippen LogP contribution in [0.5, 0.6) is 0 Å². The molecule has 0 amide bonds. The maximum absolute atomic E-state index is 6.41. The largest absolute Gasteiger partial charge is 0.382 e. The van der Waals surface area contributed by atoms with Gasteiger partial charge in [-0.05, 0) is 32.0 Å².